The van der Waals surface area contributed by atoms with Crippen molar-refractivity contribution in [3.63, 3.8) is 0 Å². The Hall–Kier alpha value is -1.72. The van der Waals surface area contributed by atoms with Gasteiger partial charge in [-0.15, -0.1) is 11.3 Å². The van der Waals surface area contributed by atoms with Crippen LogP contribution in [0.1, 0.15) is 22.5 Å². The van der Waals surface area contributed by atoms with Crippen molar-refractivity contribution in [1.29, 1.82) is 0 Å². The maximum atomic E-state index is 12.9. The number of nitrogens with one attached hydrogen (secondary N) is 2. The van der Waals surface area contributed by atoms with E-state index in [4.69, 9.17) is 0 Å². The van der Waals surface area contributed by atoms with Crippen LogP contribution in [0.5, 0.6) is 0 Å². The minimum absolute atomic E-state index is 0.0259. The zero-order valence-electron chi connectivity index (χ0n) is 11.6. The van der Waals surface area contributed by atoms with Crippen LogP contribution in [0.3, 0.4) is 0 Å². The summed E-state index contributed by atoms with van der Waals surface area (Å²) in [5, 5.41) is 6.34. The molecule has 2 aromatic rings. The summed E-state index contributed by atoms with van der Waals surface area (Å²) in [5.74, 6) is -0.278. The van der Waals surface area contributed by atoms with Crippen molar-refractivity contribution < 1.29 is 9.18 Å². The van der Waals surface area contributed by atoms with Gasteiger partial charge in [0, 0.05) is 17.5 Å². The molecule has 110 valence electrons. The number of carbonyl (C=O) groups is 1. The van der Waals surface area contributed by atoms with E-state index < -0.39 is 0 Å². The first-order valence-corrected chi connectivity index (χ1v) is 7.91. The van der Waals surface area contributed by atoms with Gasteiger partial charge in [0.2, 0.25) is 0 Å². The molecule has 1 aliphatic rings. The lowest BCUT2D eigenvalue weighted by Gasteiger charge is -2.23. The number of amides is 1. The summed E-state index contributed by atoms with van der Waals surface area (Å²) in [7, 11) is 0. The van der Waals surface area contributed by atoms with Crippen LogP contribution in [0.4, 0.5) is 4.39 Å². The smallest absolute Gasteiger partial charge is 0.261 e. The Kier molecular flexibility index (Phi) is 4.31. The first-order chi connectivity index (χ1) is 10.2. The third-order valence-corrected chi connectivity index (χ3v) is 4.72. The topological polar surface area (TPSA) is 41.1 Å². The highest BCUT2D eigenvalue weighted by molar-refractivity contribution is 7.17. The van der Waals surface area contributed by atoms with Crippen molar-refractivity contribution in [2.75, 3.05) is 13.1 Å². The molecule has 3 nitrogen and oxygen atoms in total. The number of halogens is 1. The molecule has 1 fully saturated rings. The molecule has 2 N–H and O–H groups in total. The molecule has 0 aliphatic carbocycles. The van der Waals surface area contributed by atoms with Crippen LogP contribution in [0.2, 0.25) is 0 Å². The molecular formula is C16H17FN2OS. The normalized spacial score (nSPS) is 18.4. The van der Waals surface area contributed by atoms with E-state index in [0.29, 0.717) is 4.88 Å². The maximum Gasteiger partial charge on any atom is 0.261 e. The van der Waals surface area contributed by atoms with Gasteiger partial charge in [-0.2, -0.15) is 0 Å². The molecule has 21 heavy (non-hydrogen) atoms. The largest absolute Gasteiger partial charge is 0.347 e. The number of rotatable bonds is 3. The van der Waals surface area contributed by atoms with Crippen LogP contribution in [-0.4, -0.2) is 25.0 Å². The lowest BCUT2D eigenvalue weighted by Crippen LogP contribution is -2.45. The molecule has 0 spiro atoms. The highest BCUT2D eigenvalue weighted by atomic mass is 32.1. The molecule has 1 atom stereocenters. The zero-order valence-corrected chi connectivity index (χ0v) is 12.4. The average molecular weight is 304 g/mol. The Bertz CT molecular complexity index is 617. The summed E-state index contributed by atoms with van der Waals surface area (Å²) in [6.07, 6.45) is 2.12. The molecule has 1 aromatic heterocycles. The van der Waals surface area contributed by atoms with Gasteiger partial charge in [-0.05, 0) is 49.2 Å². The molecular weight excluding hydrogens is 287 g/mol. The van der Waals surface area contributed by atoms with Gasteiger partial charge in [-0.1, -0.05) is 12.1 Å². The Morgan fingerprint density at radius 3 is 2.76 bits per heavy atom. The van der Waals surface area contributed by atoms with Gasteiger partial charge in [0.1, 0.15) is 5.82 Å². The van der Waals surface area contributed by atoms with Crippen molar-refractivity contribution in [1.82, 2.24) is 10.6 Å². The second-order valence-corrected chi connectivity index (χ2v) is 6.27. The van der Waals surface area contributed by atoms with Gasteiger partial charge in [0.15, 0.2) is 0 Å². The quantitative estimate of drug-likeness (QED) is 0.915. The molecule has 0 saturated carbocycles. The number of piperidine rings is 1. The molecule has 2 heterocycles. The number of hydrogen-bond acceptors (Lipinski definition) is 3. The van der Waals surface area contributed by atoms with Crippen molar-refractivity contribution >= 4 is 17.2 Å². The van der Waals surface area contributed by atoms with Gasteiger partial charge in [-0.25, -0.2) is 4.39 Å². The lowest BCUT2D eigenvalue weighted by atomic mass is 10.1. The minimum Gasteiger partial charge on any atom is -0.347 e. The Labute approximate surface area is 127 Å². The summed E-state index contributed by atoms with van der Waals surface area (Å²) < 4.78 is 12.9. The summed E-state index contributed by atoms with van der Waals surface area (Å²) in [6, 6.07) is 10.3. The van der Waals surface area contributed by atoms with Gasteiger partial charge >= 0.3 is 0 Å². The Balaban J connectivity index is 1.69. The molecule has 3 rings (SSSR count). The van der Waals surface area contributed by atoms with Crippen LogP contribution in [0.15, 0.2) is 36.4 Å². The molecule has 1 aliphatic heterocycles. The number of hydrogen-bond donors (Lipinski definition) is 2. The summed E-state index contributed by atoms with van der Waals surface area (Å²) in [5.41, 5.74) is 0.930. The molecule has 0 radical (unpaired) electrons. The molecule has 0 bridgehead atoms. The van der Waals surface area contributed by atoms with Crippen LogP contribution in [0.25, 0.3) is 10.4 Å². The van der Waals surface area contributed by atoms with E-state index >= 15 is 0 Å². The first-order valence-electron chi connectivity index (χ1n) is 7.10. The monoisotopic (exact) mass is 304 g/mol. The van der Waals surface area contributed by atoms with Crippen molar-refractivity contribution in [3.05, 3.63) is 47.1 Å². The van der Waals surface area contributed by atoms with Crippen molar-refractivity contribution in [3.8, 4) is 10.4 Å². The highest BCUT2D eigenvalue weighted by Gasteiger charge is 2.17. The fraction of sp³-hybridized carbons (Fsp3) is 0.312. The van der Waals surface area contributed by atoms with Crippen molar-refractivity contribution in [2.45, 2.75) is 18.9 Å². The second-order valence-electron chi connectivity index (χ2n) is 5.19. The van der Waals surface area contributed by atoms with Gasteiger partial charge < -0.3 is 10.6 Å². The molecule has 1 unspecified atom stereocenters. The first kappa shape index (κ1) is 14.2. The van der Waals surface area contributed by atoms with E-state index in [1.807, 2.05) is 12.1 Å². The van der Waals surface area contributed by atoms with E-state index in [2.05, 4.69) is 10.6 Å². The molecule has 1 aromatic carbocycles. The maximum absolute atomic E-state index is 12.9. The van der Waals surface area contributed by atoms with Crippen LogP contribution < -0.4 is 10.6 Å². The number of thiophene rings is 1. The molecule has 5 heteroatoms. The van der Waals surface area contributed by atoms with E-state index in [1.54, 1.807) is 12.1 Å². The minimum atomic E-state index is -0.252. The highest BCUT2D eigenvalue weighted by Crippen LogP contribution is 2.28. The van der Waals surface area contributed by atoms with Crippen LogP contribution >= 0.6 is 11.3 Å². The van der Waals surface area contributed by atoms with Crippen molar-refractivity contribution in [2.24, 2.45) is 0 Å². The third-order valence-electron chi connectivity index (χ3n) is 3.59. The number of benzene rings is 1. The summed E-state index contributed by atoms with van der Waals surface area (Å²) in [6.45, 7) is 1.86. The van der Waals surface area contributed by atoms with E-state index in [0.717, 1.165) is 36.4 Å². The van der Waals surface area contributed by atoms with Gasteiger partial charge in [-0.3, -0.25) is 4.79 Å². The SMILES string of the molecule is O=C(NC1CCCNC1)c1ccc(-c2ccc(F)cc2)s1. The summed E-state index contributed by atoms with van der Waals surface area (Å²) >= 11 is 1.43. The predicted octanol–water partition coefficient (Wildman–Crippen LogP) is 3.04. The van der Waals surface area contributed by atoms with Gasteiger partial charge in [0.05, 0.1) is 4.88 Å². The molecule has 1 saturated heterocycles. The van der Waals surface area contributed by atoms with E-state index in [1.165, 1.54) is 23.5 Å². The Morgan fingerprint density at radius 2 is 2.05 bits per heavy atom. The predicted molar refractivity (Wildman–Crippen MR) is 83.1 cm³/mol. The zero-order chi connectivity index (χ0) is 14.7. The Morgan fingerprint density at radius 1 is 1.24 bits per heavy atom. The van der Waals surface area contributed by atoms with E-state index in [-0.39, 0.29) is 17.8 Å². The average Bonchev–Trinajstić information content (AvgIpc) is 2.99. The fourth-order valence-electron chi connectivity index (χ4n) is 2.46. The lowest BCUT2D eigenvalue weighted by molar-refractivity contribution is 0.0935. The number of carbonyl (C=O) groups excluding carboxylic acids is 1. The fourth-order valence-corrected chi connectivity index (χ4v) is 3.38. The standard InChI is InChI=1S/C16H17FN2OS/c17-12-5-3-11(4-6-12)14-7-8-15(21-14)16(20)19-13-2-1-9-18-10-13/h3-8,13,18H,1-2,9-10H2,(H,19,20). The second kappa shape index (κ2) is 6.37. The van der Waals surface area contributed by atoms with Crippen LogP contribution in [0, 0.1) is 5.82 Å². The third kappa shape index (κ3) is 3.49. The van der Waals surface area contributed by atoms with E-state index in [9.17, 15) is 9.18 Å². The molecule has 1 amide bonds. The van der Waals surface area contributed by atoms with Crippen LogP contribution in [-0.2, 0) is 0 Å². The summed E-state index contributed by atoms with van der Waals surface area (Å²) in [4.78, 5) is 13.9. The van der Waals surface area contributed by atoms with Gasteiger partial charge in [0.25, 0.3) is 5.91 Å².